The van der Waals surface area contributed by atoms with Crippen molar-refractivity contribution in [3.8, 4) is 17.6 Å². The summed E-state index contributed by atoms with van der Waals surface area (Å²) in [5.74, 6) is 1.09. The molecule has 4 rings (SSSR count). The lowest BCUT2D eigenvalue weighted by Gasteiger charge is -2.11. The number of carbonyl (C=O) groups is 1. The van der Waals surface area contributed by atoms with Gasteiger partial charge in [0.25, 0.3) is 5.95 Å². The molecule has 1 aromatic carbocycles. The number of carbonyl (C=O) groups excluding carboxylic acids is 1. The van der Waals surface area contributed by atoms with E-state index in [0.717, 1.165) is 17.7 Å². The zero-order valence-corrected chi connectivity index (χ0v) is 19.1. The van der Waals surface area contributed by atoms with E-state index in [1.54, 1.807) is 24.9 Å². The number of esters is 1. The highest BCUT2D eigenvalue weighted by molar-refractivity contribution is 5.88. The van der Waals surface area contributed by atoms with Crippen LogP contribution >= 0.6 is 0 Å². The van der Waals surface area contributed by atoms with E-state index in [2.05, 4.69) is 40.1 Å². The summed E-state index contributed by atoms with van der Waals surface area (Å²) in [4.78, 5) is 20.9. The third-order valence-electron chi connectivity index (χ3n) is 5.26. The lowest BCUT2D eigenvalue weighted by Crippen LogP contribution is -2.09. The number of hydrogen-bond donors (Lipinski definition) is 0. The van der Waals surface area contributed by atoms with Gasteiger partial charge in [0, 0.05) is 19.2 Å². The van der Waals surface area contributed by atoms with Crippen LogP contribution in [0.2, 0.25) is 0 Å². The first-order valence-electron chi connectivity index (χ1n) is 10.7. The van der Waals surface area contributed by atoms with Crippen molar-refractivity contribution in [2.75, 3.05) is 20.3 Å². The predicted octanol–water partition coefficient (Wildman–Crippen LogP) is 3.28. The van der Waals surface area contributed by atoms with E-state index in [1.807, 2.05) is 12.1 Å². The van der Waals surface area contributed by atoms with E-state index in [9.17, 15) is 4.79 Å². The fourth-order valence-electron chi connectivity index (χ4n) is 3.40. The van der Waals surface area contributed by atoms with E-state index in [4.69, 9.17) is 14.2 Å². The maximum absolute atomic E-state index is 11.9. The van der Waals surface area contributed by atoms with Crippen LogP contribution < -0.4 is 9.47 Å². The lowest BCUT2D eigenvalue weighted by molar-refractivity contribution is 0.0526. The quantitative estimate of drug-likeness (QED) is 0.282. The molecule has 4 aromatic rings. The van der Waals surface area contributed by atoms with Crippen LogP contribution in [0.5, 0.6) is 11.6 Å². The van der Waals surface area contributed by atoms with Crippen LogP contribution in [0.15, 0.2) is 36.8 Å². The second kappa shape index (κ2) is 9.68. The molecule has 0 radical (unpaired) electrons. The number of rotatable bonds is 9. The van der Waals surface area contributed by atoms with Crippen LogP contribution in [0.25, 0.3) is 17.0 Å². The number of ether oxygens (including phenoxy) is 3. The van der Waals surface area contributed by atoms with Crippen molar-refractivity contribution in [1.29, 1.82) is 0 Å². The van der Waals surface area contributed by atoms with Crippen LogP contribution in [0.1, 0.15) is 34.8 Å². The van der Waals surface area contributed by atoms with Crippen molar-refractivity contribution in [2.24, 2.45) is 0 Å². The van der Waals surface area contributed by atoms with E-state index in [0.29, 0.717) is 35.6 Å². The normalized spacial score (nSPS) is 11.0. The SMILES string of the molecule is CCOC(=O)c1cnn(-c2nc(OC)c3c(cnn3CCCOc3cccc(C)c3C)n2)c1. The maximum Gasteiger partial charge on any atom is 0.341 e. The number of fused-ring (bicyclic) bond motifs is 1. The van der Waals surface area contributed by atoms with Crippen molar-refractivity contribution in [1.82, 2.24) is 29.5 Å². The zero-order chi connectivity index (χ0) is 23.4. The molecular weight excluding hydrogens is 424 g/mol. The molecule has 0 saturated heterocycles. The van der Waals surface area contributed by atoms with Crippen molar-refractivity contribution in [3.63, 3.8) is 0 Å². The van der Waals surface area contributed by atoms with Crippen LogP contribution in [0.3, 0.4) is 0 Å². The van der Waals surface area contributed by atoms with Crippen molar-refractivity contribution < 1.29 is 19.0 Å². The predicted molar refractivity (Wildman–Crippen MR) is 121 cm³/mol. The Labute approximate surface area is 191 Å². The average molecular weight is 450 g/mol. The van der Waals surface area contributed by atoms with Crippen molar-refractivity contribution >= 4 is 17.0 Å². The van der Waals surface area contributed by atoms with Crippen LogP contribution in [0, 0.1) is 13.8 Å². The Balaban J connectivity index is 1.50. The van der Waals surface area contributed by atoms with Gasteiger partial charge in [-0.25, -0.2) is 14.5 Å². The Morgan fingerprint density at radius 3 is 2.76 bits per heavy atom. The summed E-state index contributed by atoms with van der Waals surface area (Å²) in [6.07, 6.45) is 5.34. The zero-order valence-electron chi connectivity index (χ0n) is 19.1. The fourth-order valence-corrected chi connectivity index (χ4v) is 3.40. The molecule has 0 unspecified atom stereocenters. The summed E-state index contributed by atoms with van der Waals surface area (Å²) < 4.78 is 19.7. The van der Waals surface area contributed by atoms with Gasteiger partial charge in [-0.05, 0) is 38.0 Å². The Morgan fingerprint density at radius 1 is 1.12 bits per heavy atom. The molecule has 10 nitrogen and oxygen atoms in total. The minimum Gasteiger partial charge on any atom is -0.493 e. The number of nitrogens with zero attached hydrogens (tertiary/aromatic N) is 6. The molecule has 0 bridgehead atoms. The van der Waals surface area contributed by atoms with Crippen LogP contribution in [-0.4, -0.2) is 55.8 Å². The topological polar surface area (TPSA) is 106 Å². The average Bonchev–Trinajstić information content (AvgIpc) is 3.46. The number of aromatic nitrogens is 6. The molecule has 0 fully saturated rings. The van der Waals surface area contributed by atoms with Gasteiger partial charge in [-0.2, -0.15) is 15.2 Å². The lowest BCUT2D eigenvalue weighted by atomic mass is 10.1. The minimum atomic E-state index is -0.451. The molecule has 0 N–H and O–H groups in total. The maximum atomic E-state index is 11.9. The molecule has 3 heterocycles. The Hall–Kier alpha value is -3.95. The van der Waals surface area contributed by atoms with E-state index >= 15 is 0 Å². The minimum absolute atomic E-state index is 0.271. The molecule has 0 saturated carbocycles. The third-order valence-corrected chi connectivity index (χ3v) is 5.26. The highest BCUT2D eigenvalue weighted by Gasteiger charge is 2.17. The van der Waals surface area contributed by atoms with Gasteiger partial charge in [-0.15, -0.1) is 0 Å². The van der Waals surface area contributed by atoms with Gasteiger partial charge in [0.1, 0.15) is 16.8 Å². The fraction of sp³-hybridized carbons (Fsp3) is 0.348. The summed E-state index contributed by atoms with van der Waals surface area (Å²) >= 11 is 0. The van der Waals surface area contributed by atoms with Crippen molar-refractivity contribution in [3.05, 3.63) is 53.5 Å². The second-order valence-electron chi connectivity index (χ2n) is 7.43. The molecule has 0 aliphatic rings. The van der Waals surface area contributed by atoms with Gasteiger partial charge in [-0.1, -0.05) is 12.1 Å². The number of hydrogen-bond acceptors (Lipinski definition) is 8. The molecule has 3 aromatic heterocycles. The molecule has 172 valence electrons. The third kappa shape index (κ3) is 4.64. The largest absolute Gasteiger partial charge is 0.493 e. The van der Waals surface area contributed by atoms with Gasteiger partial charge in [-0.3, -0.25) is 4.68 Å². The number of benzene rings is 1. The van der Waals surface area contributed by atoms with Gasteiger partial charge in [0.2, 0.25) is 5.88 Å². The highest BCUT2D eigenvalue weighted by atomic mass is 16.5. The van der Waals surface area contributed by atoms with E-state index < -0.39 is 5.97 Å². The Bertz CT molecular complexity index is 1280. The Kier molecular flexibility index (Phi) is 6.53. The van der Waals surface area contributed by atoms with Gasteiger partial charge in [0.15, 0.2) is 0 Å². The summed E-state index contributed by atoms with van der Waals surface area (Å²) in [6.45, 7) is 7.33. The van der Waals surface area contributed by atoms with E-state index in [-0.39, 0.29) is 12.6 Å². The van der Waals surface area contributed by atoms with Gasteiger partial charge in [0.05, 0.1) is 38.3 Å². The van der Waals surface area contributed by atoms with E-state index in [1.165, 1.54) is 22.6 Å². The first-order valence-corrected chi connectivity index (χ1v) is 10.7. The summed E-state index contributed by atoms with van der Waals surface area (Å²) in [5.41, 5.74) is 3.97. The molecular formula is C23H26N6O4. The molecule has 10 heteroatoms. The monoisotopic (exact) mass is 450 g/mol. The summed E-state index contributed by atoms with van der Waals surface area (Å²) in [5, 5.41) is 8.62. The molecule has 0 amide bonds. The van der Waals surface area contributed by atoms with Crippen LogP contribution in [-0.2, 0) is 11.3 Å². The highest BCUT2D eigenvalue weighted by Crippen LogP contribution is 2.24. The summed E-state index contributed by atoms with van der Waals surface area (Å²) in [7, 11) is 1.54. The molecule has 0 spiro atoms. The van der Waals surface area contributed by atoms with Gasteiger partial charge < -0.3 is 14.2 Å². The first kappa shape index (κ1) is 22.3. The standard InChI is InChI=1S/C23H26N6O4/c1-5-32-22(30)17-12-24-29(14-17)23-26-18-13-25-28(20(18)21(27-23)31-4)10-7-11-33-19-9-6-8-15(2)16(19)3/h6,8-9,12-14H,5,7,10-11H2,1-4H3. The number of aryl methyl sites for hydroxylation is 2. The van der Waals surface area contributed by atoms with Gasteiger partial charge >= 0.3 is 5.97 Å². The molecule has 33 heavy (non-hydrogen) atoms. The molecule has 0 atom stereocenters. The van der Waals surface area contributed by atoms with Crippen molar-refractivity contribution in [2.45, 2.75) is 33.7 Å². The smallest absolute Gasteiger partial charge is 0.341 e. The first-order chi connectivity index (χ1) is 16.0. The molecule has 0 aliphatic carbocycles. The molecule has 0 aliphatic heterocycles. The number of methoxy groups -OCH3 is 1. The Morgan fingerprint density at radius 2 is 1.97 bits per heavy atom. The van der Waals surface area contributed by atoms with Crippen LogP contribution in [0.4, 0.5) is 0 Å². The second-order valence-corrected chi connectivity index (χ2v) is 7.43. The summed E-state index contributed by atoms with van der Waals surface area (Å²) in [6, 6.07) is 6.04.